The van der Waals surface area contributed by atoms with Crippen molar-refractivity contribution in [3.05, 3.63) is 47.0 Å². The highest BCUT2D eigenvalue weighted by Crippen LogP contribution is 2.15. The lowest BCUT2D eigenvalue weighted by atomic mass is 10.2. The molecule has 3 aromatic heterocycles. The number of hydrogen-bond acceptors (Lipinski definition) is 8. The van der Waals surface area contributed by atoms with Crippen molar-refractivity contribution in [3.8, 4) is 11.8 Å². The Kier molecular flexibility index (Phi) is 6.32. The molecular weight excluding hydrogens is 372 g/mol. The summed E-state index contributed by atoms with van der Waals surface area (Å²) >= 11 is 0. The molecule has 0 aliphatic carbocycles. The molecule has 3 aromatic rings. The molecule has 29 heavy (non-hydrogen) atoms. The van der Waals surface area contributed by atoms with Gasteiger partial charge in [-0.2, -0.15) is 5.10 Å². The zero-order valence-corrected chi connectivity index (χ0v) is 16.9. The number of hydrogen-bond donors (Lipinski definition) is 2. The highest BCUT2D eigenvalue weighted by atomic mass is 16.5. The fraction of sp³-hybridized carbons (Fsp3) is 0.368. The summed E-state index contributed by atoms with van der Waals surface area (Å²) in [6.45, 7) is 8.60. The average Bonchev–Trinajstić information content (AvgIpc) is 2.97. The van der Waals surface area contributed by atoms with Crippen molar-refractivity contribution in [1.29, 1.82) is 0 Å². The molecule has 2 N–H and O–H groups in total. The minimum atomic E-state index is -0.252. The summed E-state index contributed by atoms with van der Waals surface area (Å²) in [5.74, 6) is 1.02. The first-order chi connectivity index (χ1) is 13.9. The third kappa shape index (κ3) is 5.24. The van der Waals surface area contributed by atoms with Gasteiger partial charge in [0.05, 0.1) is 5.69 Å². The van der Waals surface area contributed by atoms with Gasteiger partial charge in [0, 0.05) is 30.7 Å². The van der Waals surface area contributed by atoms with Crippen LogP contribution in [0.2, 0.25) is 0 Å². The Labute approximate surface area is 168 Å². The molecule has 10 nitrogen and oxygen atoms in total. The van der Waals surface area contributed by atoms with Crippen LogP contribution in [0.15, 0.2) is 24.4 Å². The van der Waals surface area contributed by atoms with Crippen LogP contribution in [0, 0.1) is 27.7 Å². The van der Waals surface area contributed by atoms with Crippen LogP contribution in [0.4, 0.5) is 5.82 Å². The zero-order valence-electron chi connectivity index (χ0n) is 16.9. The van der Waals surface area contributed by atoms with Crippen LogP contribution in [0.1, 0.15) is 22.6 Å². The Bertz CT molecular complexity index is 984. The van der Waals surface area contributed by atoms with Crippen molar-refractivity contribution in [2.75, 3.05) is 25.0 Å². The number of carbonyl (C=O) groups excluding carboxylic acids is 1. The lowest BCUT2D eigenvalue weighted by molar-refractivity contribution is -0.123. The Morgan fingerprint density at radius 2 is 1.93 bits per heavy atom. The van der Waals surface area contributed by atoms with Gasteiger partial charge >= 0.3 is 6.01 Å². The smallest absolute Gasteiger partial charge is 0.317 e. The van der Waals surface area contributed by atoms with E-state index in [1.54, 1.807) is 16.9 Å². The molecule has 152 valence electrons. The standard InChI is InChI=1S/C19H24N8O2/c1-12-7-8-22-19(23-12)29-11-18(28)21-10-9-20-16-5-6-17(25-24-16)27-15(4)13(2)14(3)26-27/h5-8H,9-11H2,1-4H3,(H,20,24)(H,21,28). The van der Waals surface area contributed by atoms with Crippen molar-refractivity contribution >= 4 is 11.7 Å². The molecule has 0 saturated carbocycles. The number of aryl methyl sites for hydroxylation is 2. The molecule has 0 fully saturated rings. The summed E-state index contributed by atoms with van der Waals surface area (Å²) in [4.78, 5) is 19.8. The second kappa shape index (κ2) is 9.09. The lowest BCUT2D eigenvalue weighted by Gasteiger charge is -2.08. The van der Waals surface area contributed by atoms with Gasteiger partial charge in [-0.15, -0.1) is 10.2 Å². The monoisotopic (exact) mass is 396 g/mol. The summed E-state index contributed by atoms with van der Waals surface area (Å²) in [6.07, 6.45) is 1.59. The number of carbonyl (C=O) groups is 1. The fourth-order valence-electron chi connectivity index (χ4n) is 2.55. The minimum absolute atomic E-state index is 0.139. The van der Waals surface area contributed by atoms with Crippen LogP contribution in [-0.2, 0) is 4.79 Å². The van der Waals surface area contributed by atoms with Crippen LogP contribution in [0.5, 0.6) is 6.01 Å². The molecule has 0 aromatic carbocycles. The van der Waals surface area contributed by atoms with E-state index in [9.17, 15) is 4.79 Å². The maximum absolute atomic E-state index is 11.8. The number of anilines is 1. The van der Waals surface area contributed by atoms with E-state index >= 15 is 0 Å². The van der Waals surface area contributed by atoms with Gasteiger partial charge in [-0.25, -0.2) is 14.6 Å². The second-order valence-corrected chi connectivity index (χ2v) is 6.53. The van der Waals surface area contributed by atoms with Crippen LogP contribution in [0.3, 0.4) is 0 Å². The number of aromatic nitrogens is 6. The first-order valence-corrected chi connectivity index (χ1v) is 9.24. The first kappa shape index (κ1) is 20.2. The van der Waals surface area contributed by atoms with E-state index in [2.05, 4.69) is 35.9 Å². The van der Waals surface area contributed by atoms with E-state index in [0.717, 1.165) is 22.6 Å². The maximum atomic E-state index is 11.8. The molecule has 0 aliphatic heterocycles. The van der Waals surface area contributed by atoms with Crippen molar-refractivity contribution in [2.24, 2.45) is 0 Å². The minimum Gasteiger partial charge on any atom is -0.453 e. The van der Waals surface area contributed by atoms with Gasteiger partial charge in [-0.05, 0) is 51.5 Å². The summed E-state index contributed by atoms with van der Waals surface area (Å²) in [7, 11) is 0. The number of nitrogens with one attached hydrogen (secondary N) is 2. The van der Waals surface area contributed by atoms with Gasteiger partial charge < -0.3 is 15.4 Å². The average molecular weight is 396 g/mol. The van der Waals surface area contributed by atoms with Crippen molar-refractivity contribution in [3.63, 3.8) is 0 Å². The van der Waals surface area contributed by atoms with Crippen LogP contribution in [0.25, 0.3) is 5.82 Å². The number of nitrogens with zero attached hydrogens (tertiary/aromatic N) is 6. The third-order valence-electron chi connectivity index (χ3n) is 4.38. The highest BCUT2D eigenvalue weighted by Gasteiger charge is 2.10. The van der Waals surface area contributed by atoms with E-state index < -0.39 is 0 Å². The molecule has 0 saturated heterocycles. The van der Waals surface area contributed by atoms with Crippen molar-refractivity contribution in [2.45, 2.75) is 27.7 Å². The third-order valence-corrected chi connectivity index (χ3v) is 4.38. The SMILES string of the molecule is Cc1ccnc(OCC(=O)NCCNc2ccc(-n3nc(C)c(C)c3C)nn2)n1. The molecule has 3 heterocycles. The quantitative estimate of drug-likeness (QED) is 0.547. The summed E-state index contributed by atoms with van der Waals surface area (Å²) in [6, 6.07) is 5.62. The van der Waals surface area contributed by atoms with Crippen LogP contribution < -0.4 is 15.4 Å². The fourth-order valence-corrected chi connectivity index (χ4v) is 2.55. The zero-order chi connectivity index (χ0) is 20.8. The summed E-state index contributed by atoms with van der Waals surface area (Å²) in [5.41, 5.74) is 3.93. The number of ether oxygens (including phenoxy) is 1. The van der Waals surface area contributed by atoms with E-state index in [1.807, 2.05) is 39.8 Å². The Hall–Kier alpha value is -3.56. The van der Waals surface area contributed by atoms with Crippen molar-refractivity contribution in [1.82, 2.24) is 35.3 Å². The lowest BCUT2D eigenvalue weighted by Crippen LogP contribution is -2.33. The highest BCUT2D eigenvalue weighted by molar-refractivity contribution is 5.77. The van der Waals surface area contributed by atoms with E-state index in [4.69, 9.17) is 4.74 Å². The molecular formula is C19H24N8O2. The molecule has 3 rings (SSSR count). The summed E-state index contributed by atoms with van der Waals surface area (Å²) in [5, 5.41) is 18.7. The number of rotatable bonds is 8. The first-order valence-electron chi connectivity index (χ1n) is 9.24. The van der Waals surface area contributed by atoms with Crippen LogP contribution >= 0.6 is 0 Å². The summed E-state index contributed by atoms with van der Waals surface area (Å²) < 4.78 is 7.03. The van der Waals surface area contributed by atoms with Crippen LogP contribution in [-0.4, -0.2) is 55.5 Å². The van der Waals surface area contributed by atoms with Gasteiger partial charge in [-0.3, -0.25) is 4.79 Å². The van der Waals surface area contributed by atoms with E-state index in [1.165, 1.54) is 0 Å². The predicted molar refractivity (Wildman–Crippen MR) is 107 cm³/mol. The van der Waals surface area contributed by atoms with Crippen molar-refractivity contribution < 1.29 is 9.53 Å². The van der Waals surface area contributed by atoms with Gasteiger partial charge in [-0.1, -0.05) is 0 Å². The van der Waals surface area contributed by atoms with Gasteiger partial charge in [0.15, 0.2) is 12.4 Å². The molecule has 0 aliphatic rings. The largest absolute Gasteiger partial charge is 0.453 e. The van der Waals surface area contributed by atoms with Gasteiger partial charge in [0.1, 0.15) is 5.82 Å². The number of amides is 1. The molecule has 0 bridgehead atoms. The predicted octanol–water partition coefficient (Wildman–Crippen LogP) is 1.29. The van der Waals surface area contributed by atoms with E-state index in [-0.39, 0.29) is 18.5 Å². The second-order valence-electron chi connectivity index (χ2n) is 6.53. The molecule has 0 radical (unpaired) electrons. The molecule has 0 spiro atoms. The Balaban J connectivity index is 1.41. The molecule has 0 unspecified atom stereocenters. The molecule has 10 heteroatoms. The van der Waals surface area contributed by atoms with Gasteiger partial charge in [0.2, 0.25) is 0 Å². The van der Waals surface area contributed by atoms with Gasteiger partial charge in [0.25, 0.3) is 5.91 Å². The maximum Gasteiger partial charge on any atom is 0.317 e. The Morgan fingerprint density at radius 1 is 1.10 bits per heavy atom. The topological polar surface area (TPSA) is 120 Å². The molecule has 0 atom stereocenters. The normalized spacial score (nSPS) is 10.6. The molecule has 1 amide bonds. The van der Waals surface area contributed by atoms with E-state index in [0.29, 0.717) is 24.7 Å². The Morgan fingerprint density at radius 3 is 2.59 bits per heavy atom.